The predicted octanol–water partition coefficient (Wildman–Crippen LogP) is 4.27. The van der Waals surface area contributed by atoms with Gasteiger partial charge in [0.2, 0.25) is 5.91 Å². The molecule has 0 aliphatic rings. The molecule has 2 rings (SSSR count). The average molecular weight is 346 g/mol. The minimum absolute atomic E-state index is 0.0430. The van der Waals surface area contributed by atoms with Gasteiger partial charge < -0.3 is 5.32 Å². The van der Waals surface area contributed by atoms with E-state index in [1.165, 1.54) is 22.9 Å². The summed E-state index contributed by atoms with van der Waals surface area (Å²) < 4.78 is 2.03. The van der Waals surface area contributed by atoms with Gasteiger partial charge in [-0.2, -0.15) is 0 Å². The second kappa shape index (κ2) is 7.43. The van der Waals surface area contributed by atoms with Gasteiger partial charge in [0, 0.05) is 23.6 Å². The monoisotopic (exact) mass is 345 g/mol. The fourth-order valence-corrected chi connectivity index (χ4v) is 3.07. The van der Waals surface area contributed by atoms with Crippen LogP contribution in [-0.4, -0.2) is 26.2 Å². The lowest BCUT2D eigenvalue weighted by Gasteiger charge is -2.26. The maximum absolute atomic E-state index is 12.4. The smallest absolute Gasteiger partial charge is 0.233 e. The first-order chi connectivity index (χ1) is 11.2. The Balaban J connectivity index is 2.15. The molecule has 0 spiro atoms. The van der Waals surface area contributed by atoms with E-state index in [9.17, 15) is 4.79 Å². The molecule has 5 heteroatoms. The lowest BCUT2D eigenvalue weighted by Crippen LogP contribution is -2.46. The van der Waals surface area contributed by atoms with E-state index in [4.69, 9.17) is 0 Å². The number of nitrogens with one attached hydrogen (secondary N) is 1. The summed E-state index contributed by atoms with van der Waals surface area (Å²) in [6.45, 7) is 12.3. The number of nitrogens with zero attached hydrogens (tertiary/aromatic N) is 2. The molecule has 0 saturated heterocycles. The SMILES string of the molecule is CCC(C)(C)NC(=O)C(C)Sc1nccn1-c1ccc(C)c(C)c1. The van der Waals surface area contributed by atoms with Gasteiger partial charge in [0.25, 0.3) is 0 Å². The molecule has 0 fully saturated rings. The number of aromatic nitrogens is 2. The normalized spacial score (nSPS) is 12.9. The lowest BCUT2D eigenvalue weighted by atomic mass is 10.0. The summed E-state index contributed by atoms with van der Waals surface area (Å²) in [6.07, 6.45) is 4.61. The maximum atomic E-state index is 12.4. The van der Waals surface area contributed by atoms with Crippen LogP contribution in [0.15, 0.2) is 35.7 Å². The van der Waals surface area contributed by atoms with Crippen LogP contribution >= 0.6 is 11.8 Å². The quantitative estimate of drug-likeness (QED) is 0.795. The van der Waals surface area contributed by atoms with Crippen LogP contribution in [-0.2, 0) is 4.79 Å². The molecule has 0 saturated carbocycles. The number of carbonyl (C=O) groups excluding carboxylic acids is 1. The van der Waals surface area contributed by atoms with Crippen molar-refractivity contribution in [2.45, 2.75) is 63.9 Å². The third kappa shape index (κ3) is 4.41. The molecule has 0 bridgehead atoms. The Hall–Kier alpha value is -1.75. The number of hydrogen-bond donors (Lipinski definition) is 1. The zero-order valence-corrected chi connectivity index (χ0v) is 16.2. The largest absolute Gasteiger partial charge is 0.350 e. The summed E-state index contributed by atoms with van der Waals surface area (Å²) in [7, 11) is 0. The molecule has 4 nitrogen and oxygen atoms in total. The zero-order valence-electron chi connectivity index (χ0n) is 15.4. The second-order valence-electron chi connectivity index (χ2n) is 6.84. The molecule has 0 radical (unpaired) electrons. The van der Waals surface area contributed by atoms with Gasteiger partial charge in [0.05, 0.1) is 5.25 Å². The topological polar surface area (TPSA) is 46.9 Å². The Morgan fingerprint density at radius 2 is 2.04 bits per heavy atom. The summed E-state index contributed by atoms with van der Waals surface area (Å²) in [5.74, 6) is 0.0430. The van der Waals surface area contributed by atoms with Crippen molar-refractivity contribution in [3.8, 4) is 5.69 Å². The molecule has 0 aliphatic carbocycles. The van der Waals surface area contributed by atoms with Crippen molar-refractivity contribution < 1.29 is 4.79 Å². The summed E-state index contributed by atoms with van der Waals surface area (Å²) >= 11 is 1.48. The van der Waals surface area contributed by atoms with Crippen molar-refractivity contribution in [2.24, 2.45) is 0 Å². The number of amides is 1. The fraction of sp³-hybridized carbons (Fsp3) is 0.474. The van der Waals surface area contributed by atoms with Gasteiger partial charge in [-0.05, 0) is 64.3 Å². The standard InChI is InChI=1S/C19H27N3OS/c1-7-19(5,6)21-17(23)15(4)24-18-20-10-11-22(18)16-9-8-13(2)14(3)12-16/h8-12,15H,7H2,1-6H3,(H,21,23). The summed E-state index contributed by atoms with van der Waals surface area (Å²) in [5, 5.41) is 3.72. The summed E-state index contributed by atoms with van der Waals surface area (Å²) in [4.78, 5) is 16.9. The van der Waals surface area contributed by atoms with Gasteiger partial charge in [-0.1, -0.05) is 24.8 Å². The van der Waals surface area contributed by atoms with E-state index in [-0.39, 0.29) is 16.7 Å². The zero-order chi connectivity index (χ0) is 17.9. The molecule has 0 aliphatic heterocycles. The van der Waals surface area contributed by atoms with E-state index in [0.29, 0.717) is 0 Å². The summed E-state index contributed by atoms with van der Waals surface area (Å²) in [5.41, 5.74) is 3.39. The first-order valence-corrected chi connectivity index (χ1v) is 9.21. The number of thioether (sulfide) groups is 1. The molecule has 1 atom stereocenters. The van der Waals surface area contributed by atoms with Gasteiger partial charge in [-0.3, -0.25) is 9.36 Å². The molecule has 1 aromatic carbocycles. The first kappa shape index (κ1) is 18.6. The Morgan fingerprint density at radius 1 is 1.33 bits per heavy atom. The van der Waals surface area contributed by atoms with E-state index in [1.54, 1.807) is 6.20 Å². The number of benzene rings is 1. The number of aryl methyl sites for hydroxylation is 2. The van der Waals surface area contributed by atoms with Crippen molar-refractivity contribution in [1.82, 2.24) is 14.9 Å². The molecule has 1 N–H and O–H groups in total. The van der Waals surface area contributed by atoms with E-state index in [1.807, 2.05) is 31.5 Å². The molecule has 1 aromatic heterocycles. The van der Waals surface area contributed by atoms with Gasteiger partial charge in [-0.25, -0.2) is 4.98 Å². The third-order valence-corrected chi connectivity index (χ3v) is 5.45. The van der Waals surface area contributed by atoms with Crippen molar-refractivity contribution in [2.75, 3.05) is 0 Å². The predicted molar refractivity (Wildman–Crippen MR) is 101 cm³/mol. The highest BCUT2D eigenvalue weighted by Gasteiger charge is 2.23. The van der Waals surface area contributed by atoms with Crippen molar-refractivity contribution in [3.63, 3.8) is 0 Å². The van der Waals surface area contributed by atoms with E-state index < -0.39 is 0 Å². The van der Waals surface area contributed by atoms with Crippen LogP contribution < -0.4 is 5.32 Å². The van der Waals surface area contributed by atoms with Crippen LogP contribution in [0.2, 0.25) is 0 Å². The fourth-order valence-electron chi connectivity index (χ4n) is 2.18. The van der Waals surface area contributed by atoms with Gasteiger partial charge >= 0.3 is 0 Å². The minimum atomic E-state index is -0.205. The minimum Gasteiger partial charge on any atom is -0.350 e. The van der Waals surface area contributed by atoms with Crippen LogP contribution in [0, 0.1) is 13.8 Å². The molecule has 1 unspecified atom stereocenters. The van der Waals surface area contributed by atoms with Gasteiger partial charge in [0.15, 0.2) is 5.16 Å². The van der Waals surface area contributed by atoms with Gasteiger partial charge in [0.1, 0.15) is 0 Å². The van der Waals surface area contributed by atoms with Crippen molar-refractivity contribution >= 4 is 17.7 Å². The molecular weight excluding hydrogens is 318 g/mol. The number of hydrogen-bond acceptors (Lipinski definition) is 3. The first-order valence-electron chi connectivity index (χ1n) is 8.33. The molecule has 1 heterocycles. The number of carbonyl (C=O) groups is 1. The Morgan fingerprint density at radius 3 is 2.67 bits per heavy atom. The van der Waals surface area contributed by atoms with Crippen molar-refractivity contribution in [3.05, 3.63) is 41.7 Å². The molecule has 130 valence electrons. The van der Waals surface area contributed by atoms with Crippen molar-refractivity contribution in [1.29, 1.82) is 0 Å². The second-order valence-corrected chi connectivity index (χ2v) is 8.14. The number of rotatable bonds is 6. The van der Waals surface area contributed by atoms with Crippen LogP contribution in [0.3, 0.4) is 0 Å². The summed E-state index contributed by atoms with van der Waals surface area (Å²) in [6, 6.07) is 6.34. The Labute approximate surface area is 149 Å². The Kier molecular flexibility index (Phi) is 5.75. The van der Waals surface area contributed by atoms with E-state index in [2.05, 4.69) is 49.3 Å². The van der Waals surface area contributed by atoms with Crippen LogP contribution in [0.4, 0.5) is 0 Å². The molecule has 2 aromatic rings. The molecule has 1 amide bonds. The molecule has 24 heavy (non-hydrogen) atoms. The third-order valence-electron chi connectivity index (χ3n) is 4.37. The average Bonchev–Trinajstić information content (AvgIpc) is 2.97. The number of imidazole rings is 1. The maximum Gasteiger partial charge on any atom is 0.233 e. The highest BCUT2D eigenvalue weighted by Crippen LogP contribution is 2.26. The highest BCUT2D eigenvalue weighted by molar-refractivity contribution is 8.00. The van der Waals surface area contributed by atoms with E-state index >= 15 is 0 Å². The van der Waals surface area contributed by atoms with Gasteiger partial charge in [-0.15, -0.1) is 0 Å². The highest BCUT2D eigenvalue weighted by atomic mass is 32.2. The van der Waals surface area contributed by atoms with Crippen LogP contribution in [0.1, 0.15) is 45.2 Å². The lowest BCUT2D eigenvalue weighted by molar-refractivity contribution is -0.121. The van der Waals surface area contributed by atoms with E-state index in [0.717, 1.165) is 17.3 Å². The van der Waals surface area contributed by atoms with Crippen LogP contribution in [0.5, 0.6) is 0 Å². The Bertz CT molecular complexity index is 721. The van der Waals surface area contributed by atoms with Crippen LogP contribution in [0.25, 0.3) is 5.69 Å². The molecular formula is C19H27N3OS.